The molecule has 19 heavy (non-hydrogen) atoms. The van der Waals surface area contributed by atoms with Crippen molar-refractivity contribution in [1.29, 1.82) is 0 Å². The molecule has 0 N–H and O–H groups in total. The van der Waals surface area contributed by atoms with Crippen molar-refractivity contribution < 1.29 is 0 Å². The highest BCUT2D eigenvalue weighted by atomic mass is 15.3. The molecule has 2 aliphatic rings. The van der Waals surface area contributed by atoms with Gasteiger partial charge in [-0.3, -0.25) is 0 Å². The smallest absolute Gasteiger partial charge is 0.151 e. The van der Waals surface area contributed by atoms with Gasteiger partial charge < -0.3 is 9.80 Å². The zero-order chi connectivity index (χ0) is 12.9. The molecule has 1 aromatic heterocycles. The van der Waals surface area contributed by atoms with Gasteiger partial charge in [-0.1, -0.05) is 12.8 Å². The van der Waals surface area contributed by atoms with E-state index in [1.54, 1.807) is 0 Å². The molecule has 2 aliphatic heterocycles. The summed E-state index contributed by atoms with van der Waals surface area (Å²) in [6, 6.07) is 4.31. The molecule has 3 rings (SSSR count). The Hall–Kier alpha value is -1.32. The molecule has 0 atom stereocenters. The van der Waals surface area contributed by atoms with E-state index in [0.29, 0.717) is 0 Å². The van der Waals surface area contributed by atoms with Gasteiger partial charge in [0.15, 0.2) is 11.6 Å². The predicted molar refractivity (Wildman–Crippen MR) is 78.8 cm³/mol. The van der Waals surface area contributed by atoms with E-state index in [9.17, 15) is 0 Å². The third kappa shape index (κ3) is 3.17. The lowest BCUT2D eigenvalue weighted by atomic mass is 10.1. The van der Waals surface area contributed by atoms with Crippen molar-refractivity contribution in [1.82, 2.24) is 10.2 Å². The van der Waals surface area contributed by atoms with Crippen molar-refractivity contribution >= 4 is 11.6 Å². The first-order chi connectivity index (χ1) is 9.43. The van der Waals surface area contributed by atoms with E-state index < -0.39 is 0 Å². The first kappa shape index (κ1) is 12.7. The first-order valence-electron chi connectivity index (χ1n) is 7.77. The quantitative estimate of drug-likeness (QED) is 0.818. The van der Waals surface area contributed by atoms with Gasteiger partial charge in [-0.15, -0.1) is 10.2 Å². The van der Waals surface area contributed by atoms with E-state index in [1.165, 1.54) is 44.9 Å². The second kappa shape index (κ2) is 6.22. The van der Waals surface area contributed by atoms with Crippen molar-refractivity contribution in [3.63, 3.8) is 0 Å². The highest BCUT2D eigenvalue weighted by molar-refractivity contribution is 5.45. The van der Waals surface area contributed by atoms with Gasteiger partial charge in [0.1, 0.15) is 0 Å². The van der Waals surface area contributed by atoms with E-state index in [4.69, 9.17) is 0 Å². The van der Waals surface area contributed by atoms with Crippen LogP contribution in [0, 0.1) is 0 Å². The predicted octanol–water partition coefficient (Wildman–Crippen LogP) is 2.85. The van der Waals surface area contributed by atoms with Gasteiger partial charge in [-0.05, 0) is 44.2 Å². The summed E-state index contributed by atoms with van der Waals surface area (Å²) < 4.78 is 0. The van der Waals surface area contributed by atoms with E-state index in [-0.39, 0.29) is 0 Å². The number of aromatic nitrogens is 2. The topological polar surface area (TPSA) is 32.3 Å². The minimum Gasteiger partial charge on any atom is -0.355 e. The van der Waals surface area contributed by atoms with Gasteiger partial charge in [0, 0.05) is 26.2 Å². The number of rotatable bonds is 2. The van der Waals surface area contributed by atoms with Crippen LogP contribution in [0.3, 0.4) is 0 Å². The van der Waals surface area contributed by atoms with Crippen LogP contribution in [-0.2, 0) is 0 Å². The number of anilines is 2. The van der Waals surface area contributed by atoms with E-state index in [0.717, 1.165) is 37.8 Å². The number of hydrogen-bond acceptors (Lipinski definition) is 4. The molecular formula is C15H24N4. The van der Waals surface area contributed by atoms with Crippen LogP contribution in [0.4, 0.5) is 11.6 Å². The Kier molecular flexibility index (Phi) is 4.16. The Morgan fingerprint density at radius 1 is 0.579 bits per heavy atom. The molecule has 0 aliphatic carbocycles. The third-order valence-electron chi connectivity index (χ3n) is 4.25. The summed E-state index contributed by atoms with van der Waals surface area (Å²) in [5, 5.41) is 8.90. The van der Waals surface area contributed by atoms with Crippen molar-refractivity contribution in [3.05, 3.63) is 12.1 Å². The molecule has 0 unspecified atom stereocenters. The zero-order valence-electron chi connectivity index (χ0n) is 11.7. The molecule has 1 aromatic rings. The lowest BCUT2D eigenvalue weighted by Crippen LogP contribution is -2.31. The van der Waals surface area contributed by atoms with E-state index >= 15 is 0 Å². The zero-order valence-corrected chi connectivity index (χ0v) is 11.7. The summed E-state index contributed by atoms with van der Waals surface area (Å²) in [7, 11) is 0. The highest BCUT2D eigenvalue weighted by Crippen LogP contribution is 2.20. The maximum absolute atomic E-state index is 4.45. The normalized spacial score (nSPS) is 21.3. The largest absolute Gasteiger partial charge is 0.355 e. The second-order valence-corrected chi connectivity index (χ2v) is 5.70. The average Bonchev–Trinajstić information content (AvgIpc) is 2.77. The van der Waals surface area contributed by atoms with Crippen molar-refractivity contribution in [2.24, 2.45) is 0 Å². The fourth-order valence-corrected chi connectivity index (χ4v) is 3.08. The Labute approximate surface area is 115 Å². The molecule has 0 saturated carbocycles. The number of hydrogen-bond donors (Lipinski definition) is 0. The van der Waals surface area contributed by atoms with Crippen LogP contribution in [0.5, 0.6) is 0 Å². The number of piperidine rings is 1. The number of nitrogens with zero attached hydrogens (tertiary/aromatic N) is 4. The molecule has 0 amide bonds. The molecule has 104 valence electrons. The van der Waals surface area contributed by atoms with Gasteiger partial charge in [-0.25, -0.2) is 0 Å². The fraction of sp³-hybridized carbons (Fsp3) is 0.733. The molecule has 2 saturated heterocycles. The van der Waals surface area contributed by atoms with Crippen LogP contribution in [0.15, 0.2) is 12.1 Å². The molecule has 4 nitrogen and oxygen atoms in total. The van der Waals surface area contributed by atoms with Crippen LogP contribution >= 0.6 is 0 Å². The molecule has 0 spiro atoms. The minimum absolute atomic E-state index is 1.05. The third-order valence-corrected chi connectivity index (χ3v) is 4.25. The maximum Gasteiger partial charge on any atom is 0.151 e. The summed E-state index contributed by atoms with van der Waals surface area (Å²) in [6.45, 7) is 4.55. The van der Waals surface area contributed by atoms with Crippen molar-refractivity contribution in [2.75, 3.05) is 36.0 Å². The molecule has 4 heteroatoms. The lowest BCUT2D eigenvalue weighted by molar-refractivity contribution is 0.571. The molecule has 0 bridgehead atoms. The summed E-state index contributed by atoms with van der Waals surface area (Å²) in [5.74, 6) is 2.11. The summed E-state index contributed by atoms with van der Waals surface area (Å²) >= 11 is 0. The monoisotopic (exact) mass is 260 g/mol. The Morgan fingerprint density at radius 2 is 0.947 bits per heavy atom. The molecule has 2 fully saturated rings. The van der Waals surface area contributed by atoms with Crippen LogP contribution < -0.4 is 9.80 Å². The van der Waals surface area contributed by atoms with Gasteiger partial charge in [0.25, 0.3) is 0 Å². The van der Waals surface area contributed by atoms with E-state index in [1.807, 2.05) is 0 Å². The highest BCUT2D eigenvalue weighted by Gasteiger charge is 2.15. The first-order valence-corrected chi connectivity index (χ1v) is 7.77. The van der Waals surface area contributed by atoms with Crippen LogP contribution in [0.1, 0.15) is 44.9 Å². The standard InChI is InChI=1S/C15H24N4/c1-2-5-11-18(10-4-1)14-8-9-15(17-16-14)19-12-6-3-7-13-19/h8-9H,1-7,10-13H2. The molecule has 0 aromatic carbocycles. The van der Waals surface area contributed by atoms with Crippen LogP contribution in [0.2, 0.25) is 0 Å². The average molecular weight is 260 g/mol. The van der Waals surface area contributed by atoms with Gasteiger partial charge in [0.05, 0.1) is 0 Å². The Morgan fingerprint density at radius 3 is 1.32 bits per heavy atom. The molecule has 0 radical (unpaired) electrons. The van der Waals surface area contributed by atoms with Crippen molar-refractivity contribution in [3.8, 4) is 0 Å². The van der Waals surface area contributed by atoms with Gasteiger partial charge in [0.2, 0.25) is 0 Å². The Bertz CT molecular complexity index is 376. The second-order valence-electron chi connectivity index (χ2n) is 5.70. The maximum atomic E-state index is 4.45. The van der Waals surface area contributed by atoms with Crippen LogP contribution in [0.25, 0.3) is 0 Å². The lowest BCUT2D eigenvalue weighted by Gasteiger charge is -2.28. The summed E-state index contributed by atoms with van der Waals surface area (Å²) in [4.78, 5) is 4.75. The van der Waals surface area contributed by atoms with Gasteiger partial charge in [-0.2, -0.15) is 0 Å². The minimum atomic E-state index is 1.05. The van der Waals surface area contributed by atoms with Gasteiger partial charge >= 0.3 is 0 Å². The summed E-state index contributed by atoms with van der Waals surface area (Å²) in [5.41, 5.74) is 0. The SMILES string of the molecule is c1cc(N2CCCCC2)nnc1N1CCCCCC1. The molecular weight excluding hydrogens is 236 g/mol. The fourth-order valence-electron chi connectivity index (χ4n) is 3.08. The molecule has 3 heterocycles. The summed E-state index contributed by atoms with van der Waals surface area (Å²) in [6.07, 6.45) is 9.22. The Balaban J connectivity index is 1.67. The van der Waals surface area contributed by atoms with Crippen LogP contribution in [-0.4, -0.2) is 36.4 Å². The van der Waals surface area contributed by atoms with E-state index in [2.05, 4.69) is 32.1 Å². The van der Waals surface area contributed by atoms with Crippen molar-refractivity contribution in [2.45, 2.75) is 44.9 Å².